The minimum atomic E-state index is -0.766. The molecule has 2 amide bonds. The smallest absolute Gasteiger partial charge is 0.248 e. The minimum Gasteiger partial charge on any atom is -0.340 e. The summed E-state index contributed by atoms with van der Waals surface area (Å²) in [6.07, 6.45) is 5.87. The number of piperazine rings is 1. The summed E-state index contributed by atoms with van der Waals surface area (Å²) in [6.45, 7) is 6.49. The normalized spacial score (nSPS) is 24.2. The van der Waals surface area contributed by atoms with Gasteiger partial charge in [0.15, 0.2) is 0 Å². The van der Waals surface area contributed by atoms with Crippen LogP contribution in [-0.4, -0.2) is 45.8 Å². The molecule has 1 saturated heterocycles. The van der Waals surface area contributed by atoms with E-state index in [9.17, 15) is 9.59 Å². The molecule has 0 unspecified atom stereocenters. The van der Waals surface area contributed by atoms with E-state index < -0.39 is 11.1 Å². The van der Waals surface area contributed by atoms with Crippen LogP contribution < -0.4 is 5.32 Å². The van der Waals surface area contributed by atoms with Gasteiger partial charge in [-0.05, 0) is 44.6 Å². The number of rotatable bonds is 5. The highest BCUT2D eigenvalue weighted by atomic mass is 32.2. The Hall–Kier alpha value is -0.710. The molecule has 120 valence electrons. The van der Waals surface area contributed by atoms with Gasteiger partial charge in [0.05, 0.1) is 0 Å². The van der Waals surface area contributed by atoms with Crippen LogP contribution in [0.25, 0.3) is 0 Å². The first-order chi connectivity index (χ1) is 9.94. The van der Waals surface area contributed by atoms with Crippen molar-refractivity contribution in [3.05, 3.63) is 0 Å². The Labute approximate surface area is 132 Å². The van der Waals surface area contributed by atoms with Gasteiger partial charge >= 0.3 is 0 Å². The Balaban J connectivity index is 2.18. The second-order valence-electron chi connectivity index (χ2n) is 6.68. The minimum absolute atomic E-state index is 0.0648. The SMILES string of the molecule is CCSCCCN1C(=O)C(C)(C)NC(=O)C12CCCCC2. The number of nitrogens with one attached hydrogen (secondary N) is 1. The molecule has 0 aromatic rings. The Kier molecular flexibility index (Phi) is 5.23. The van der Waals surface area contributed by atoms with Crippen LogP contribution in [0.4, 0.5) is 0 Å². The molecular formula is C16H28N2O2S. The lowest BCUT2D eigenvalue weighted by atomic mass is 9.76. The van der Waals surface area contributed by atoms with Gasteiger partial charge in [0.1, 0.15) is 11.1 Å². The zero-order chi connectivity index (χ0) is 15.5. The fourth-order valence-corrected chi connectivity index (χ4v) is 4.15. The number of thioether (sulfide) groups is 1. The third-order valence-corrected chi connectivity index (χ3v) is 5.69. The predicted molar refractivity (Wildman–Crippen MR) is 87.4 cm³/mol. The van der Waals surface area contributed by atoms with Crippen molar-refractivity contribution in [2.45, 2.75) is 70.4 Å². The van der Waals surface area contributed by atoms with Crippen LogP contribution in [0.2, 0.25) is 0 Å². The number of amides is 2. The number of nitrogens with zero attached hydrogens (tertiary/aromatic N) is 1. The molecule has 2 aliphatic rings. The lowest BCUT2D eigenvalue weighted by Gasteiger charge is -2.52. The molecule has 1 heterocycles. The average Bonchev–Trinajstić information content (AvgIpc) is 2.46. The summed E-state index contributed by atoms with van der Waals surface area (Å²) >= 11 is 1.90. The van der Waals surface area contributed by atoms with Crippen LogP contribution in [-0.2, 0) is 9.59 Å². The fourth-order valence-electron chi connectivity index (χ4n) is 3.53. The van der Waals surface area contributed by atoms with E-state index in [2.05, 4.69) is 12.2 Å². The van der Waals surface area contributed by atoms with Crippen LogP contribution in [0.3, 0.4) is 0 Å². The zero-order valence-electron chi connectivity index (χ0n) is 13.5. The molecule has 5 heteroatoms. The van der Waals surface area contributed by atoms with E-state index in [0.717, 1.165) is 43.6 Å². The molecule has 0 atom stereocenters. The first-order valence-corrected chi connectivity index (χ1v) is 9.32. The van der Waals surface area contributed by atoms with Crippen LogP contribution in [0.15, 0.2) is 0 Å². The van der Waals surface area contributed by atoms with Crippen molar-refractivity contribution in [2.75, 3.05) is 18.1 Å². The molecule has 1 aliphatic heterocycles. The maximum atomic E-state index is 12.8. The van der Waals surface area contributed by atoms with Crippen molar-refractivity contribution in [2.24, 2.45) is 0 Å². The third kappa shape index (κ3) is 3.22. The average molecular weight is 312 g/mol. The highest BCUT2D eigenvalue weighted by molar-refractivity contribution is 7.99. The second kappa shape index (κ2) is 6.59. The van der Waals surface area contributed by atoms with Crippen molar-refractivity contribution in [3.63, 3.8) is 0 Å². The van der Waals surface area contributed by atoms with Crippen LogP contribution in [0, 0.1) is 0 Å². The molecule has 2 rings (SSSR count). The molecule has 21 heavy (non-hydrogen) atoms. The molecule has 1 saturated carbocycles. The van der Waals surface area contributed by atoms with Gasteiger partial charge in [-0.2, -0.15) is 11.8 Å². The second-order valence-corrected chi connectivity index (χ2v) is 8.07. The third-order valence-electron chi connectivity index (χ3n) is 4.70. The first kappa shape index (κ1) is 16.7. The lowest BCUT2D eigenvalue weighted by molar-refractivity contribution is -0.164. The first-order valence-electron chi connectivity index (χ1n) is 8.16. The van der Waals surface area contributed by atoms with Crippen LogP contribution in [0.5, 0.6) is 0 Å². The molecule has 1 aliphatic carbocycles. The topological polar surface area (TPSA) is 49.4 Å². The van der Waals surface area contributed by atoms with E-state index in [1.807, 2.05) is 30.5 Å². The maximum Gasteiger partial charge on any atom is 0.248 e. The van der Waals surface area contributed by atoms with E-state index in [1.165, 1.54) is 6.42 Å². The van der Waals surface area contributed by atoms with E-state index in [-0.39, 0.29) is 11.8 Å². The standard InChI is InChI=1S/C16H28N2O2S/c1-4-21-12-8-11-18-14(20)15(2,3)17-13(19)16(18)9-6-5-7-10-16/h4-12H2,1-3H3,(H,17,19). The van der Waals surface area contributed by atoms with Gasteiger partial charge in [-0.3, -0.25) is 9.59 Å². The summed E-state index contributed by atoms with van der Waals surface area (Å²) in [7, 11) is 0. The molecule has 4 nitrogen and oxygen atoms in total. The Morgan fingerprint density at radius 2 is 1.86 bits per heavy atom. The van der Waals surface area contributed by atoms with Gasteiger partial charge in [-0.1, -0.05) is 26.2 Å². The van der Waals surface area contributed by atoms with Crippen molar-refractivity contribution < 1.29 is 9.59 Å². The number of hydrogen-bond donors (Lipinski definition) is 1. The quantitative estimate of drug-likeness (QED) is 0.794. The Bertz CT molecular complexity index is 403. The summed E-state index contributed by atoms with van der Waals surface area (Å²) in [6, 6.07) is 0. The van der Waals surface area contributed by atoms with Gasteiger partial charge in [0.25, 0.3) is 0 Å². The predicted octanol–water partition coefficient (Wildman–Crippen LogP) is 2.57. The van der Waals surface area contributed by atoms with Crippen LogP contribution >= 0.6 is 11.8 Å². The summed E-state index contributed by atoms with van der Waals surface area (Å²) in [5.41, 5.74) is -1.33. The molecule has 0 radical (unpaired) electrons. The van der Waals surface area contributed by atoms with E-state index in [1.54, 1.807) is 0 Å². The molecule has 0 aromatic carbocycles. The summed E-state index contributed by atoms with van der Waals surface area (Å²) in [5.74, 6) is 2.31. The van der Waals surface area contributed by atoms with Gasteiger partial charge in [0, 0.05) is 6.54 Å². The van der Waals surface area contributed by atoms with Gasteiger partial charge in [-0.15, -0.1) is 0 Å². The van der Waals surface area contributed by atoms with Crippen molar-refractivity contribution in [1.82, 2.24) is 10.2 Å². The number of carbonyl (C=O) groups excluding carboxylic acids is 2. The van der Waals surface area contributed by atoms with E-state index in [0.29, 0.717) is 6.54 Å². The summed E-state index contributed by atoms with van der Waals surface area (Å²) in [4.78, 5) is 27.5. The number of carbonyl (C=O) groups is 2. The van der Waals surface area contributed by atoms with Crippen molar-refractivity contribution in [3.8, 4) is 0 Å². The molecule has 0 bridgehead atoms. The highest BCUT2D eigenvalue weighted by Gasteiger charge is 2.54. The monoisotopic (exact) mass is 312 g/mol. The van der Waals surface area contributed by atoms with Crippen molar-refractivity contribution in [1.29, 1.82) is 0 Å². The van der Waals surface area contributed by atoms with Crippen LogP contribution in [0.1, 0.15) is 59.3 Å². The molecule has 1 N–H and O–H groups in total. The number of hydrogen-bond acceptors (Lipinski definition) is 3. The Morgan fingerprint density at radius 3 is 2.48 bits per heavy atom. The zero-order valence-corrected chi connectivity index (χ0v) is 14.4. The molecular weight excluding hydrogens is 284 g/mol. The van der Waals surface area contributed by atoms with Gasteiger partial charge in [0.2, 0.25) is 11.8 Å². The van der Waals surface area contributed by atoms with Gasteiger partial charge in [-0.25, -0.2) is 0 Å². The fraction of sp³-hybridized carbons (Fsp3) is 0.875. The summed E-state index contributed by atoms with van der Waals surface area (Å²) in [5, 5.41) is 2.96. The van der Waals surface area contributed by atoms with E-state index in [4.69, 9.17) is 0 Å². The van der Waals surface area contributed by atoms with E-state index >= 15 is 0 Å². The largest absolute Gasteiger partial charge is 0.340 e. The molecule has 2 fully saturated rings. The summed E-state index contributed by atoms with van der Waals surface area (Å²) < 4.78 is 0. The Morgan fingerprint density at radius 1 is 1.19 bits per heavy atom. The molecule has 1 spiro atoms. The molecule has 0 aromatic heterocycles. The van der Waals surface area contributed by atoms with Gasteiger partial charge < -0.3 is 10.2 Å². The maximum absolute atomic E-state index is 12.8. The lowest BCUT2D eigenvalue weighted by Crippen LogP contribution is -2.74. The van der Waals surface area contributed by atoms with Crippen molar-refractivity contribution >= 4 is 23.6 Å². The highest BCUT2D eigenvalue weighted by Crippen LogP contribution is 2.38.